The van der Waals surface area contributed by atoms with Gasteiger partial charge in [0.25, 0.3) is 0 Å². The number of rotatable bonds is 10. The molecule has 0 radical (unpaired) electrons. The molecule has 2 N–H and O–H groups in total. The van der Waals surface area contributed by atoms with Gasteiger partial charge < -0.3 is 24.5 Å². The van der Waals surface area contributed by atoms with Crippen molar-refractivity contribution in [3.8, 4) is 0 Å². The number of ether oxygens (including phenoxy) is 2. The molecule has 0 aliphatic carbocycles. The van der Waals surface area contributed by atoms with Crippen LogP contribution in [-0.4, -0.2) is 63.9 Å². The molecule has 166 valence electrons. The van der Waals surface area contributed by atoms with Crippen molar-refractivity contribution in [1.82, 2.24) is 15.5 Å². The van der Waals surface area contributed by atoms with Gasteiger partial charge in [0.15, 0.2) is 5.96 Å². The molecule has 2 aromatic rings. The number of guanidine groups is 1. The van der Waals surface area contributed by atoms with E-state index in [1.54, 1.807) is 13.3 Å². The molecule has 7 nitrogen and oxygen atoms in total. The zero-order chi connectivity index (χ0) is 20.2. The third-order valence-corrected chi connectivity index (χ3v) is 4.94. The van der Waals surface area contributed by atoms with Gasteiger partial charge in [-0.15, -0.1) is 24.0 Å². The molecule has 1 aromatic heterocycles. The van der Waals surface area contributed by atoms with Gasteiger partial charge in [0.05, 0.1) is 25.5 Å². The van der Waals surface area contributed by atoms with Gasteiger partial charge in [0.2, 0.25) is 0 Å². The maximum atomic E-state index is 5.62. The average Bonchev–Trinajstić information content (AvgIpc) is 3.30. The van der Waals surface area contributed by atoms with Crippen LogP contribution in [-0.2, 0) is 16.1 Å². The first-order valence-electron chi connectivity index (χ1n) is 10.3. The minimum Gasteiger partial charge on any atom is -0.467 e. The summed E-state index contributed by atoms with van der Waals surface area (Å²) in [5.74, 6) is 1.66. The van der Waals surface area contributed by atoms with E-state index in [2.05, 4.69) is 50.9 Å². The molecule has 1 unspecified atom stereocenters. The van der Waals surface area contributed by atoms with Crippen LogP contribution in [0.1, 0.15) is 23.8 Å². The number of nitrogens with zero attached hydrogens (tertiary/aromatic N) is 2. The second-order valence-corrected chi connectivity index (χ2v) is 6.94. The summed E-state index contributed by atoms with van der Waals surface area (Å²) < 4.78 is 16.4. The summed E-state index contributed by atoms with van der Waals surface area (Å²) in [6.07, 6.45) is 2.56. The Morgan fingerprint density at radius 3 is 2.63 bits per heavy atom. The molecule has 0 spiro atoms. The molecular weight excluding hydrogens is 495 g/mol. The van der Waals surface area contributed by atoms with Gasteiger partial charge in [0.1, 0.15) is 12.4 Å². The van der Waals surface area contributed by atoms with E-state index in [0.29, 0.717) is 13.2 Å². The van der Waals surface area contributed by atoms with E-state index in [0.717, 1.165) is 57.5 Å². The van der Waals surface area contributed by atoms with E-state index < -0.39 is 0 Å². The van der Waals surface area contributed by atoms with Crippen molar-refractivity contribution < 1.29 is 13.9 Å². The second-order valence-electron chi connectivity index (χ2n) is 6.94. The van der Waals surface area contributed by atoms with E-state index >= 15 is 0 Å². The average molecular weight is 528 g/mol. The standard InChI is InChI=1S/C22H32N4O3.HI/c1-23-22(24-10-6-13-28-18-20-9-5-14-29-20)25-17-21(19-7-3-2-4-8-19)26-11-15-27-16-12-26;/h2-5,7-9,14,21H,6,10-13,15-18H2,1H3,(H2,23,24,25);1H. The lowest BCUT2D eigenvalue weighted by molar-refractivity contribution is 0.0170. The quantitative estimate of drug-likeness (QED) is 0.214. The molecule has 3 rings (SSSR count). The third kappa shape index (κ3) is 8.25. The van der Waals surface area contributed by atoms with Gasteiger partial charge in [-0.3, -0.25) is 9.89 Å². The zero-order valence-corrected chi connectivity index (χ0v) is 19.9. The SMILES string of the molecule is CN=C(NCCCOCc1ccco1)NCC(c1ccccc1)N1CCOCC1.I. The monoisotopic (exact) mass is 528 g/mol. The second kappa shape index (κ2) is 14.4. The molecule has 0 bridgehead atoms. The van der Waals surface area contributed by atoms with Crippen LogP contribution in [0.15, 0.2) is 58.1 Å². The Balaban J connectivity index is 0.00000320. The Morgan fingerprint density at radius 2 is 1.93 bits per heavy atom. The number of halogens is 1. The predicted octanol–water partition coefficient (Wildman–Crippen LogP) is 3.04. The Labute approximate surface area is 196 Å². The van der Waals surface area contributed by atoms with Crippen LogP contribution in [0, 0.1) is 0 Å². The van der Waals surface area contributed by atoms with Crippen molar-refractivity contribution >= 4 is 29.9 Å². The van der Waals surface area contributed by atoms with Crippen LogP contribution in [0.3, 0.4) is 0 Å². The van der Waals surface area contributed by atoms with Crippen molar-refractivity contribution in [2.24, 2.45) is 4.99 Å². The summed E-state index contributed by atoms with van der Waals surface area (Å²) in [7, 11) is 1.80. The molecular formula is C22H33IN4O3. The van der Waals surface area contributed by atoms with Gasteiger partial charge in [-0.25, -0.2) is 0 Å². The molecule has 1 saturated heterocycles. The fraction of sp³-hybridized carbons (Fsp3) is 0.500. The van der Waals surface area contributed by atoms with Crippen molar-refractivity contribution in [3.63, 3.8) is 0 Å². The summed E-state index contributed by atoms with van der Waals surface area (Å²) in [6, 6.07) is 14.7. The summed E-state index contributed by atoms with van der Waals surface area (Å²) in [6.45, 7) is 6.23. The molecule has 30 heavy (non-hydrogen) atoms. The largest absolute Gasteiger partial charge is 0.467 e. The first-order chi connectivity index (χ1) is 14.4. The Bertz CT molecular complexity index is 706. The lowest BCUT2D eigenvalue weighted by Gasteiger charge is -2.35. The normalized spacial score (nSPS) is 16.0. The predicted molar refractivity (Wildman–Crippen MR) is 129 cm³/mol. The summed E-state index contributed by atoms with van der Waals surface area (Å²) in [4.78, 5) is 6.83. The Hall–Kier alpha value is -1.62. The molecule has 8 heteroatoms. The van der Waals surface area contributed by atoms with Crippen molar-refractivity contribution in [2.45, 2.75) is 19.1 Å². The number of furan rings is 1. The van der Waals surface area contributed by atoms with Gasteiger partial charge in [-0.05, 0) is 24.1 Å². The van der Waals surface area contributed by atoms with Gasteiger partial charge >= 0.3 is 0 Å². The van der Waals surface area contributed by atoms with E-state index in [9.17, 15) is 0 Å². The number of hydrogen-bond acceptors (Lipinski definition) is 5. The van der Waals surface area contributed by atoms with Gasteiger partial charge in [-0.1, -0.05) is 30.3 Å². The van der Waals surface area contributed by atoms with Crippen molar-refractivity contribution in [1.29, 1.82) is 0 Å². The maximum Gasteiger partial charge on any atom is 0.191 e. The summed E-state index contributed by atoms with van der Waals surface area (Å²) >= 11 is 0. The minimum absolute atomic E-state index is 0. The van der Waals surface area contributed by atoms with Gasteiger partial charge in [0, 0.05) is 39.8 Å². The first-order valence-corrected chi connectivity index (χ1v) is 10.3. The highest BCUT2D eigenvalue weighted by Gasteiger charge is 2.22. The molecule has 1 aliphatic heterocycles. The van der Waals surface area contributed by atoms with Gasteiger partial charge in [-0.2, -0.15) is 0 Å². The highest BCUT2D eigenvalue weighted by Crippen LogP contribution is 2.20. The highest BCUT2D eigenvalue weighted by molar-refractivity contribution is 14.0. The first kappa shape index (κ1) is 24.6. The molecule has 1 aliphatic rings. The van der Waals surface area contributed by atoms with Crippen LogP contribution >= 0.6 is 24.0 Å². The number of hydrogen-bond donors (Lipinski definition) is 2. The zero-order valence-electron chi connectivity index (χ0n) is 17.6. The molecule has 2 heterocycles. The van der Waals surface area contributed by atoms with Crippen LogP contribution in [0.5, 0.6) is 0 Å². The smallest absolute Gasteiger partial charge is 0.191 e. The summed E-state index contributed by atoms with van der Waals surface area (Å²) in [5, 5.41) is 6.84. The van der Waals surface area contributed by atoms with E-state index in [4.69, 9.17) is 13.9 Å². The molecule has 1 aromatic carbocycles. The summed E-state index contributed by atoms with van der Waals surface area (Å²) in [5.41, 5.74) is 1.31. The van der Waals surface area contributed by atoms with E-state index in [1.807, 2.05) is 12.1 Å². The fourth-order valence-corrected chi connectivity index (χ4v) is 3.38. The van der Waals surface area contributed by atoms with Crippen LogP contribution in [0.2, 0.25) is 0 Å². The molecule has 1 atom stereocenters. The lowest BCUT2D eigenvalue weighted by atomic mass is 10.0. The lowest BCUT2D eigenvalue weighted by Crippen LogP contribution is -2.46. The van der Waals surface area contributed by atoms with Crippen molar-refractivity contribution in [3.05, 3.63) is 60.1 Å². The highest BCUT2D eigenvalue weighted by atomic mass is 127. The Kier molecular flexibility index (Phi) is 11.8. The fourth-order valence-electron chi connectivity index (χ4n) is 3.38. The van der Waals surface area contributed by atoms with E-state index in [1.165, 1.54) is 5.56 Å². The molecule has 1 fully saturated rings. The number of nitrogens with one attached hydrogen (secondary N) is 2. The maximum absolute atomic E-state index is 5.62. The third-order valence-electron chi connectivity index (χ3n) is 4.94. The van der Waals surface area contributed by atoms with Crippen LogP contribution in [0.25, 0.3) is 0 Å². The number of aliphatic imine (C=N–C) groups is 1. The van der Waals surface area contributed by atoms with Crippen LogP contribution < -0.4 is 10.6 Å². The van der Waals surface area contributed by atoms with Crippen LogP contribution in [0.4, 0.5) is 0 Å². The number of morpholine rings is 1. The number of benzene rings is 1. The van der Waals surface area contributed by atoms with Crippen molar-refractivity contribution in [2.75, 3.05) is 53.0 Å². The molecule has 0 saturated carbocycles. The molecule has 0 amide bonds. The Morgan fingerprint density at radius 1 is 1.13 bits per heavy atom. The minimum atomic E-state index is 0. The topological polar surface area (TPSA) is 71.3 Å². The van der Waals surface area contributed by atoms with E-state index in [-0.39, 0.29) is 30.0 Å².